The molecule has 1 aromatic heterocycles. The van der Waals surface area contributed by atoms with Crippen molar-refractivity contribution in [1.82, 2.24) is 10.4 Å². The number of aromatic nitrogens is 1. The summed E-state index contributed by atoms with van der Waals surface area (Å²) in [6, 6.07) is 4.38. The zero-order valence-corrected chi connectivity index (χ0v) is 10.7. The van der Waals surface area contributed by atoms with Crippen molar-refractivity contribution in [3.63, 3.8) is 0 Å². The van der Waals surface area contributed by atoms with Crippen molar-refractivity contribution >= 4 is 0 Å². The molecule has 3 nitrogen and oxygen atoms in total. The van der Waals surface area contributed by atoms with Gasteiger partial charge in [-0.25, -0.2) is 5.43 Å². The summed E-state index contributed by atoms with van der Waals surface area (Å²) < 4.78 is 0. The summed E-state index contributed by atoms with van der Waals surface area (Å²) in [7, 11) is 0. The SMILES string of the molecule is Cc1cc(C(NN)C2=CCCCC2)cc(C)n1. The number of nitrogens with zero attached hydrogens (tertiary/aromatic N) is 1. The predicted octanol–water partition coefficient (Wildman–Crippen LogP) is 2.70. The number of rotatable bonds is 3. The maximum absolute atomic E-state index is 5.72. The Morgan fingerprint density at radius 2 is 1.94 bits per heavy atom. The van der Waals surface area contributed by atoms with Crippen LogP contribution in [0.5, 0.6) is 0 Å². The van der Waals surface area contributed by atoms with E-state index in [0.717, 1.165) is 17.8 Å². The molecule has 1 atom stereocenters. The van der Waals surface area contributed by atoms with Crippen molar-refractivity contribution in [3.8, 4) is 0 Å². The molecule has 0 spiro atoms. The van der Waals surface area contributed by atoms with Gasteiger partial charge in [-0.3, -0.25) is 10.8 Å². The molecule has 3 heteroatoms. The first kappa shape index (κ1) is 12.3. The Labute approximate surface area is 103 Å². The number of hydrogen-bond donors (Lipinski definition) is 2. The Bertz CT molecular complexity index is 403. The second kappa shape index (κ2) is 5.43. The fraction of sp³-hybridized carbons (Fsp3) is 0.500. The van der Waals surface area contributed by atoms with Crippen LogP contribution in [0, 0.1) is 13.8 Å². The van der Waals surface area contributed by atoms with E-state index in [1.165, 1.54) is 30.4 Å². The van der Waals surface area contributed by atoms with E-state index in [4.69, 9.17) is 5.84 Å². The minimum Gasteiger partial charge on any atom is -0.271 e. The lowest BCUT2D eigenvalue weighted by Gasteiger charge is -2.23. The molecule has 0 radical (unpaired) electrons. The monoisotopic (exact) mass is 231 g/mol. The molecule has 0 saturated carbocycles. The number of pyridine rings is 1. The Kier molecular flexibility index (Phi) is 3.92. The first-order valence-electron chi connectivity index (χ1n) is 6.31. The highest BCUT2D eigenvalue weighted by Gasteiger charge is 2.17. The van der Waals surface area contributed by atoms with Crippen molar-refractivity contribution in [2.75, 3.05) is 0 Å². The minimum atomic E-state index is 0.149. The van der Waals surface area contributed by atoms with Crippen LogP contribution in [-0.2, 0) is 0 Å². The largest absolute Gasteiger partial charge is 0.271 e. The summed E-state index contributed by atoms with van der Waals surface area (Å²) in [5.74, 6) is 5.72. The van der Waals surface area contributed by atoms with Crippen molar-refractivity contribution in [2.45, 2.75) is 45.6 Å². The van der Waals surface area contributed by atoms with Gasteiger partial charge in [0.1, 0.15) is 0 Å². The molecule has 0 aromatic carbocycles. The Balaban J connectivity index is 2.31. The van der Waals surface area contributed by atoms with Crippen molar-refractivity contribution in [3.05, 3.63) is 40.7 Å². The van der Waals surface area contributed by atoms with E-state index in [-0.39, 0.29) is 6.04 Å². The number of allylic oxidation sites excluding steroid dienone is 1. The van der Waals surface area contributed by atoms with E-state index < -0.39 is 0 Å². The summed E-state index contributed by atoms with van der Waals surface area (Å²) in [6.45, 7) is 4.05. The van der Waals surface area contributed by atoms with Crippen LogP contribution in [-0.4, -0.2) is 4.98 Å². The molecule has 0 aliphatic heterocycles. The third-order valence-electron chi connectivity index (χ3n) is 3.30. The van der Waals surface area contributed by atoms with Crippen LogP contribution in [0.4, 0.5) is 0 Å². The molecule has 1 aromatic rings. The van der Waals surface area contributed by atoms with Gasteiger partial charge in [-0.2, -0.15) is 0 Å². The van der Waals surface area contributed by atoms with Crippen LogP contribution >= 0.6 is 0 Å². The van der Waals surface area contributed by atoms with E-state index in [0.29, 0.717) is 0 Å². The predicted molar refractivity (Wildman–Crippen MR) is 70.3 cm³/mol. The van der Waals surface area contributed by atoms with Gasteiger partial charge in [-0.05, 0) is 57.2 Å². The molecule has 1 unspecified atom stereocenters. The first-order chi connectivity index (χ1) is 8.20. The smallest absolute Gasteiger partial charge is 0.0671 e. The van der Waals surface area contributed by atoms with E-state index >= 15 is 0 Å². The zero-order valence-electron chi connectivity index (χ0n) is 10.7. The van der Waals surface area contributed by atoms with Gasteiger partial charge in [-0.1, -0.05) is 11.6 Å². The number of nitrogens with two attached hydrogens (primary N) is 1. The third kappa shape index (κ3) is 2.93. The van der Waals surface area contributed by atoms with Gasteiger partial charge in [0.25, 0.3) is 0 Å². The van der Waals surface area contributed by atoms with Crippen molar-refractivity contribution in [2.24, 2.45) is 5.84 Å². The molecule has 1 heterocycles. The lowest BCUT2D eigenvalue weighted by molar-refractivity contribution is 0.564. The quantitative estimate of drug-likeness (QED) is 0.478. The molecule has 1 aliphatic rings. The van der Waals surface area contributed by atoms with Gasteiger partial charge in [0.15, 0.2) is 0 Å². The summed E-state index contributed by atoms with van der Waals surface area (Å²) in [5.41, 5.74) is 7.70. The number of hydrazine groups is 1. The molecule has 17 heavy (non-hydrogen) atoms. The highest BCUT2D eigenvalue weighted by molar-refractivity contribution is 5.31. The van der Waals surface area contributed by atoms with Crippen molar-refractivity contribution in [1.29, 1.82) is 0 Å². The van der Waals surface area contributed by atoms with Gasteiger partial charge in [0, 0.05) is 11.4 Å². The minimum absolute atomic E-state index is 0.149. The van der Waals surface area contributed by atoms with Crippen LogP contribution < -0.4 is 11.3 Å². The molecule has 0 saturated heterocycles. The molecular formula is C14H21N3. The molecule has 92 valence electrons. The zero-order chi connectivity index (χ0) is 12.3. The standard InChI is InChI=1S/C14H21N3/c1-10-8-13(9-11(2)16-10)14(17-15)12-6-4-3-5-7-12/h6,8-9,14,17H,3-5,7,15H2,1-2H3. The van der Waals surface area contributed by atoms with Crippen LogP contribution in [0.3, 0.4) is 0 Å². The second-order valence-electron chi connectivity index (χ2n) is 4.81. The van der Waals surface area contributed by atoms with Gasteiger partial charge >= 0.3 is 0 Å². The molecule has 3 N–H and O–H groups in total. The number of aryl methyl sites for hydroxylation is 2. The number of hydrogen-bond acceptors (Lipinski definition) is 3. The van der Waals surface area contributed by atoms with E-state index in [1.54, 1.807) is 0 Å². The van der Waals surface area contributed by atoms with Gasteiger partial charge < -0.3 is 0 Å². The van der Waals surface area contributed by atoms with Gasteiger partial charge in [0.05, 0.1) is 6.04 Å². The summed E-state index contributed by atoms with van der Waals surface area (Å²) in [4.78, 5) is 4.41. The van der Waals surface area contributed by atoms with E-state index in [2.05, 4.69) is 28.6 Å². The Hall–Kier alpha value is -1.19. The van der Waals surface area contributed by atoms with Gasteiger partial charge in [-0.15, -0.1) is 0 Å². The Morgan fingerprint density at radius 3 is 2.47 bits per heavy atom. The van der Waals surface area contributed by atoms with Crippen LogP contribution in [0.25, 0.3) is 0 Å². The highest BCUT2D eigenvalue weighted by atomic mass is 15.2. The molecule has 0 fully saturated rings. The summed E-state index contributed by atoms with van der Waals surface area (Å²) >= 11 is 0. The van der Waals surface area contributed by atoms with Crippen LogP contribution in [0.2, 0.25) is 0 Å². The molecule has 0 bridgehead atoms. The summed E-state index contributed by atoms with van der Waals surface area (Å²) in [5, 5.41) is 0. The average molecular weight is 231 g/mol. The van der Waals surface area contributed by atoms with E-state index in [9.17, 15) is 0 Å². The highest BCUT2D eigenvalue weighted by Crippen LogP contribution is 2.29. The fourth-order valence-corrected chi connectivity index (χ4v) is 2.58. The summed E-state index contributed by atoms with van der Waals surface area (Å²) in [6.07, 6.45) is 7.23. The normalized spacial score (nSPS) is 17.7. The number of nitrogens with one attached hydrogen (secondary N) is 1. The average Bonchev–Trinajstić information content (AvgIpc) is 2.30. The topological polar surface area (TPSA) is 50.9 Å². The third-order valence-corrected chi connectivity index (χ3v) is 3.30. The maximum atomic E-state index is 5.72. The van der Waals surface area contributed by atoms with E-state index in [1.807, 2.05) is 13.8 Å². The molecule has 1 aliphatic carbocycles. The maximum Gasteiger partial charge on any atom is 0.0671 e. The lowest BCUT2D eigenvalue weighted by atomic mass is 9.90. The molecule has 2 rings (SSSR count). The van der Waals surface area contributed by atoms with Crippen LogP contribution in [0.15, 0.2) is 23.8 Å². The first-order valence-corrected chi connectivity index (χ1v) is 6.31. The van der Waals surface area contributed by atoms with Crippen LogP contribution in [0.1, 0.15) is 48.7 Å². The Morgan fingerprint density at radius 1 is 1.24 bits per heavy atom. The van der Waals surface area contributed by atoms with Crippen molar-refractivity contribution < 1.29 is 0 Å². The molecule has 0 amide bonds. The second-order valence-corrected chi connectivity index (χ2v) is 4.81. The van der Waals surface area contributed by atoms with Gasteiger partial charge in [0.2, 0.25) is 0 Å². The fourth-order valence-electron chi connectivity index (χ4n) is 2.58. The molecular weight excluding hydrogens is 210 g/mol. The lowest BCUT2D eigenvalue weighted by Crippen LogP contribution is -2.30.